The molecule has 1 aliphatic carbocycles. The van der Waals surface area contributed by atoms with E-state index in [1.54, 1.807) is 16.4 Å². The highest BCUT2D eigenvalue weighted by molar-refractivity contribution is 7.91. The summed E-state index contributed by atoms with van der Waals surface area (Å²) in [6.07, 6.45) is 4.59. The Balaban J connectivity index is 1.50. The number of sulfonamides is 1. The molecule has 9 heteroatoms. The average molecular weight is 397 g/mol. The molecule has 0 unspecified atom stereocenters. The predicted molar refractivity (Wildman–Crippen MR) is 99.7 cm³/mol. The Morgan fingerprint density at radius 2 is 1.88 bits per heavy atom. The molecule has 0 bridgehead atoms. The average Bonchev–Trinajstić information content (AvgIpc) is 3.41. The SMILES string of the molecule is CCN1CCN(S(=O)(=O)c2ccc(-c3nnc(C4CCCC4)o3)s2)CC1. The molecule has 0 amide bonds. The second kappa shape index (κ2) is 7.38. The van der Waals surface area contributed by atoms with Gasteiger partial charge in [-0.15, -0.1) is 21.5 Å². The number of hydrogen-bond acceptors (Lipinski definition) is 7. The van der Waals surface area contributed by atoms with E-state index in [0.717, 1.165) is 32.5 Å². The maximum atomic E-state index is 12.9. The molecule has 0 N–H and O–H groups in total. The fraction of sp³-hybridized carbons (Fsp3) is 0.647. The lowest BCUT2D eigenvalue weighted by Crippen LogP contribution is -2.48. The quantitative estimate of drug-likeness (QED) is 0.773. The van der Waals surface area contributed by atoms with Gasteiger partial charge in [0.25, 0.3) is 15.9 Å². The molecule has 7 nitrogen and oxygen atoms in total. The Morgan fingerprint density at radius 3 is 2.58 bits per heavy atom. The van der Waals surface area contributed by atoms with Crippen LogP contribution in [0.5, 0.6) is 0 Å². The molecule has 0 aromatic carbocycles. The topological polar surface area (TPSA) is 79.5 Å². The highest BCUT2D eigenvalue weighted by Crippen LogP contribution is 2.36. The second-order valence-corrected chi connectivity index (χ2v) is 10.1. The Morgan fingerprint density at radius 1 is 1.15 bits per heavy atom. The summed E-state index contributed by atoms with van der Waals surface area (Å²) in [5.74, 6) is 1.47. The van der Waals surface area contributed by atoms with Crippen molar-refractivity contribution in [2.45, 2.75) is 42.7 Å². The van der Waals surface area contributed by atoms with Crippen molar-refractivity contribution in [2.24, 2.45) is 0 Å². The number of nitrogens with zero attached hydrogens (tertiary/aromatic N) is 4. The van der Waals surface area contributed by atoms with E-state index < -0.39 is 10.0 Å². The van der Waals surface area contributed by atoms with Crippen molar-refractivity contribution in [1.82, 2.24) is 19.4 Å². The van der Waals surface area contributed by atoms with Crippen LogP contribution in [0.1, 0.15) is 44.4 Å². The molecule has 0 spiro atoms. The van der Waals surface area contributed by atoms with Gasteiger partial charge in [0.2, 0.25) is 5.89 Å². The van der Waals surface area contributed by atoms with Crippen molar-refractivity contribution in [3.05, 3.63) is 18.0 Å². The van der Waals surface area contributed by atoms with Crippen molar-refractivity contribution in [1.29, 1.82) is 0 Å². The van der Waals surface area contributed by atoms with Crippen molar-refractivity contribution >= 4 is 21.4 Å². The van der Waals surface area contributed by atoms with Gasteiger partial charge in [0.05, 0.1) is 4.88 Å². The smallest absolute Gasteiger partial charge is 0.257 e. The summed E-state index contributed by atoms with van der Waals surface area (Å²) in [7, 11) is -3.45. The van der Waals surface area contributed by atoms with Gasteiger partial charge in [-0.3, -0.25) is 0 Å². The molecule has 2 fully saturated rings. The van der Waals surface area contributed by atoms with Crippen molar-refractivity contribution in [2.75, 3.05) is 32.7 Å². The molecule has 2 aromatic heterocycles. The molecule has 1 saturated carbocycles. The summed E-state index contributed by atoms with van der Waals surface area (Å²) >= 11 is 1.21. The van der Waals surface area contributed by atoms with Gasteiger partial charge in [-0.05, 0) is 31.5 Å². The van der Waals surface area contributed by atoms with Crippen LogP contribution in [0.2, 0.25) is 0 Å². The van der Waals surface area contributed by atoms with Crippen LogP contribution in [-0.4, -0.2) is 60.5 Å². The van der Waals surface area contributed by atoms with E-state index in [2.05, 4.69) is 22.0 Å². The van der Waals surface area contributed by atoms with Gasteiger partial charge in [-0.2, -0.15) is 4.31 Å². The molecule has 1 saturated heterocycles. The zero-order chi connectivity index (χ0) is 18.1. The van der Waals surface area contributed by atoms with Gasteiger partial charge in [0.1, 0.15) is 4.21 Å². The van der Waals surface area contributed by atoms with E-state index >= 15 is 0 Å². The maximum absolute atomic E-state index is 12.9. The highest BCUT2D eigenvalue weighted by Gasteiger charge is 2.30. The van der Waals surface area contributed by atoms with Crippen LogP contribution in [-0.2, 0) is 10.0 Å². The van der Waals surface area contributed by atoms with Crippen LogP contribution >= 0.6 is 11.3 Å². The number of piperazine rings is 1. The minimum Gasteiger partial charge on any atom is -0.420 e. The summed E-state index contributed by atoms with van der Waals surface area (Å²) in [5, 5.41) is 8.32. The normalized spacial score (nSPS) is 20.8. The third-order valence-electron chi connectivity index (χ3n) is 5.31. The number of aromatic nitrogens is 2. The first-order chi connectivity index (χ1) is 12.6. The molecular formula is C17H24N4O3S2. The summed E-state index contributed by atoms with van der Waals surface area (Å²) in [5.41, 5.74) is 0. The van der Waals surface area contributed by atoms with Crippen molar-refractivity contribution in [3.8, 4) is 10.8 Å². The van der Waals surface area contributed by atoms with Crippen LogP contribution in [0.3, 0.4) is 0 Å². The van der Waals surface area contributed by atoms with Gasteiger partial charge in [-0.25, -0.2) is 8.42 Å². The highest BCUT2D eigenvalue weighted by atomic mass is 32.2. The fourth-order valence-electron chi connectivity index (χ4n) is 3.66. The molecular weight excluding hydrogens is 372 g/mol. The summed E-state index contributed by atoms with van der Waals surface area (Å²) in [6, 6.07) is 3.42. The second-order valence-electron chi connectivity index (χ2n) is 6.88. The summed E-state index contributed by atoms with van der Waals surface area (Å²) in [4.78, 5) is 2.97. The number of rotatable bonds is 5. The molecule has 142 valence electrons. The summed E-state index contributed by atoms with van der Waals surface area (Å²) < 4.78 is 33.5. The minimum absolute atomic E-state index is 0.345. The first kappa shape index (κ1) is 18.1. The number of likely N-dealkylation sites (N-methyl/N-ethyl adjacent to an activating group) is 1. The number of thiophene rings is 1. The van der Waals surface area contributed by atoms with Crippen LogP contribution in [0.25, 0.3) is 10.8 Å². The van der Waals surface area contributed by atoms with Gasteiger partial charge >= 0.3 is 0 Å². The van der Waals surface area contributed by atoms with Crippen molar-refractivity contribution < 1.29 is 12.8 Å². The van der Waals surface area contributed by atoms with E-state index in [4.69, 9.17) is 4.42 Å². The zero-order valence-electron chi connectivity index (χ0n) is 14.9. The standard InChI is InChI=1S/C17H24N4O3S2/c1-2-20-9-11-21(12-10-20)26(22,23)15-8-7-14(25-15)17-19-18-16(24-17)13-5-3-4-6-13/h7-8,13H,2-6,9-12H2,1H3. The molecule has 2 aromatic rings. The molecule has 4 rings (SSSR count). The Labute approximate surface area is 158 Å². The number of hydrogen-bond donors (Lipinski definition) is 0. The van der Waals surface area contributed by atoms with Crippen LogP contribution in [0, 0.1) is 0 Å². The van der Waals surface area contributed by atoms with Gasteiger partial charge in [-0.1, -0.05) is 19.8 Å². The fourth-order valence-corrected chi connectivity index (χ4v) is 6.46. The van der Waals surface area contributed by atoms with Gasteiger partial charge in [0, 0.05) is 32.1 Å². The summed E-state index contributed by atoms with van der Waals surface area (Å²) in [6.45, 7) is 5.69. The van der Waals surface area contributed by atoms with Crippen LogP contribution in [0.4, 0.5) is 0 Å². The molecule has 0 radical (unpaired) electrons. The minimum atomic E-state index is -3.45. The van der Waals surface area contributed by atoms with Gasteiger partial charge < -0.3 is 9.32 Å². The van der Waals surface area contributed by atoms with Gasteiger partial charge in [0.15, 0.2) is 0 Å². The maximum Gasteiger partial charge on any atom is 0.257 e. The Hall–Kier alpha value is -1.29. The third-order valence-corrected chi connectivity index (χ3v) is 8.75. The van der Waals surface area contributed by atoms with E-state index in [-0.39, 0.29) is 0 Å². The lowest BCUT2D eigenvalue weighted by atomic mass is 10.1. The molecule has 0 atom stereocenters. The Bertz CT molecular complexity index is 847. The molecule has 26 heavy (non-hydrogen) atoms. The lowest BCUT2D eigenvalue weighted by molar-refractivity contribution is 0.196. The van der Waals surface area contributed by atoms with Crippen molar-refractivity contribution in [3.63, 3.8) is 0 Å². The Kier molecular flexibility index (Phi) is 5.13. The lowest BCUT2D eigenvalue weighted by Gasteiger charge is -2.32. The first-order valence-corrected chi connectivity index (χ1v) is 11.5. The van der Waals surface area contributed by atoms with Crippen LogP contribution in [0.15, 0.2) is 20.8 Å². The van der Waals surface area contributed by atoms with Crippen LogP contribution < -0.4 is 0 Å². The largest absolute Gasteiger partial charge is 0.420 e. The first-order valence-electron chi connectivity index (χ1n) is 9.24. The van der Waals surface area contributed by atoms with E-state index in [9.17, 15) is 8.42 Å². The third kappa shape index (κ3) is 3.45. The van der Waals surface area contributed by atoms with E-state index in [1.165, 1.54) is 24.2 Å². The zero-order valence-corrected chi connectivity index (χ0v) is 16.6. The van der Waals surface area contributed by atoms with E-state index in [1.807, 2.05) is 0 Å². The molecule has 2 aliphatic rings. The van der Waals surface area contributed by atoms with E-state index in [0.29, 0.717) is 39.9 Å². The predicted octanol–water partition coefficient (Wildman–Crippen LogP) is 2.78. The molecule has 1 aliphatic heterocycles. The monoisotopic (exact) mass is 396 g/mol. The molecule has 3 heterocycles.